The van der Waals surface area contributed by atoms with E-state index in [1.807, 2.05) is 0 Å². The van der Waals surface area contributed by atoms with Crippen molar-refractivity contribution in [3.8, 4) is 5.75 Å². The van der Waals surface area contributed by atoms with E-state index in [0.717, 1.165) is 0 Å². The topological polar surface area (TPSA) is 67.4 Å². The van der Waals surface area contributed by atoms with Crippen molar-refractivity contribution in [2.45, 2.75) is 6.92 Å². The Labute approximate surface area is 110 Å². The smallest absolute Gasteiger partial charge is 0.255 e. The predicted octanol–water partition coefficient (Wildman–Crippen LogP) is 1.21. The minimum absolute atomic E-state index is 0.0810. The zero-order valence-corrected chi connectivity index (χ0v) is 11.0. The summed E-state index contributed by atoms with van der Waals surface area (Å²) in [6.45, 7) is 2.25. The van der Waals surface area contributed by atoms with Gasteiger partial charge in [-0.25, -0.2) is 0 Å². The number of amides is 2. The van der Waals surface area contributed by atoms with E-state index in [9.17, 15) is 9.59 Å². The molecule has 0 bridgehead atoms. The summed E-state index contributed by atoms with van der Waals surface area (Å²) in [7, 11) is 1.46. The number of halogens is 1. The highest BCUT2D eigenvalue weighted by Gasteiger charge is 2.13. The molecule has 2 N–H and O–H groups in total. The lowest BCUT2D eigenvalue weighted by Crippen LogP contribution is -2.36. The summed E-state index contributed by atoms with van der Waals surface area (Å²) < 4.78 is 5.06. The van der Waals surface area contributed by atoms with Crippen LogP contribution in [0.2, 0.25) is 5.02 Å². The van der Waals surface area contributed by atoms with Crippen molar-refractivity contribution in [1.29, 1.82) is 0 Å². The van der Waals surface area contributed by atoms with Gasteiger partial charge in [0.05, 0.1) is 19.2 Å². The van der Waals surface area contributed by atoms with E-state index < -0.39 is 5.91 Å². The summed E-state index contributed by atoms with van der Waals surface area (Å²) in [5.41, 5.74) is 0.300. The Hall–Kier alpha value is -1.75. The molecule has 0 fully saturated rings. The van der Waals surface area contributed by atoms with Gasteiger partial charge in [-0.15, -0.1) is 0 Å². The number of hydrogen-bond acceptors (Lipinski definition) is 3. The van der Waals surface area contributed by atoms with E-state index >= 15 is 0 Å². The number of likely N-dealkylation sites (N-methyl/N-ethyl adjacent to an activating group) is 1. The Morgan fingerprint density at radius 1 is 1.33 bits per heavy atom. The number of carbonyl (C=O) groups is 2. The Morgan fingerprint density at radius 2 is 2.06 bits per heavy atom. The minimum Gasteiger partial charge on any atom is -0.496 e. The number of hydrogen-bond donors (Lipinski definition) is 2. The van der Waals surface area contributed by atoms with E-state index in [1.165, 1.54) is 13.2 Å². The molecule has 1 aromatic carbocycles. The van der Waals surface area contributed by atoms with E-state index in [-0.39, 0.29) is 12.5 Å². The molecule has 6 heteroatoms. The van der Waals surface area contributed by atoms with Gasteiger partial charge in [0.25, 0.3) is 5.91 Å². The maximum absolute atomic E-state index is 11.9. The molecule has 0 aliphatic rings. The molecule has 0 aliphatic heterocycles. The van der Waals surface area contributed by atoms with E-state index in [4.69, 9.17) is 16.3 Å². The Morgan fingerprint density at radius 3 is 2.67 bits per heavy atom. The van der Waals surface area contributed by atoms with Crippen LogP contribution in [0, 0.1) is 0 Å². The van der Waals surface area contributed by atoms with Gasteiger partial charge in [0.15, 0.2) is 0 Å². The van der Waals surface area contributed by atoms with E-state index in [1.54, 1.807) is 19.1 Å². The standard InChI is InChI=1S/C12H15ClN2O3/c1-3-14-11(16)7-15-12(17)9-6-8(13)4-5-10(9)18-2/h4-6H,3,7H2,1-2H3,(H,14,16)(H,15,17). The summed E-state index contributed by atoms with van der Waals surface area (Å²) in [6.07, 6.45) is 0. The number of ether oxygens (including phenoxy) is 1. The second-order valence-electron chi connectivity index (χ2n) is 3.48. The molecule has 1 rings (SSSR count). The molecule has 0 saturated carbocycles. The molecule has 0 saturated heterocycles. The number of benzene rings is 1. The molecule has 0 radical (unpaired) electrons. The number of nitrogens with one attached hydrogen (secondary N) is 2. The first-order chi connectivity index (χ1) is 8.58. The normalized spacial score (nSPS) is 9.72. The lowest BCUT2D eigenvalue weighted by atomic mass is 10.2. The highest BCUT2D eigenvalue weighted by molar-refractivity contribution is 6.31. The SMILES string of the molecule is CCNC(=O)CNC(=O)c1cc(Cl)ccc1OC. The third-order valence-electron chi connectivity index (χ3n) is 2.19. The molecule has 1 aromatic rings. The number of rotatable bonds is 5. The Bertz CT molecular complexity index is 449. The van der Waals surface area contributed by atoms with E-state index in [0.29, 0.717) is 22.9 Å². The Kier molecular flexibility index (Phi) is 5.45. The molecule has 0 aromatic heterocycles. The fourth-order valence-electron chi connectivity index (χ4n) is 1.37. The molecule has 2 amide bonds. The van der Waals surface area contributed by atoms with Crippen molar-refractivity contribution in [3.05, 3.63) is 28.8 Å². The molecular formula is C12H15ClN2O3. The summed E-state index contributed by atoms with van der Waals surface area (Å²) in [5.74, 6) is -0.236. The molecule has 0 heterocycles. The van der Waals surface area contributed by atoms with Crippen molar-refractivity contribution in [2.24, 2.45) is 0 Å². The second kappa shape index (κ2) is 6.86. The molecule has 18 heavy (non-hydrogen) atoms. The van der Waals surface area contributed by atoms with Gasteiger partial charge in [0.1, 0.15) is 5.75 Å². The first-order valence-corrected chi connectivity index (χ1v) is 5.84. The van der Waals surface area contributed by atoms with Gasteiger partial charge in [-0.3, -0.25) is 9.59 Å². The average molecular weight is 271 g/mol. The van der Waals surface area contributed by atoms with E-state index in [2.05, 4.69) is 10.6 Å². The van der Waals surface area contributed by atoms with Crippen LogP contribution in [0.1, 0.15) is 17.3 Å². The maximum atomic E-state index is 11.9. The van der Waals surface area contributed by atoms with Gasteiger partial charge in [0, 0.05) is 11.6 Å². The predicted molar refractivity (Wildman–Crippen MR) is 69.0 cm³/mol. The van der Waals surface area contributed by atoms with Gasteiger partial charge in [-0.05, 0) is 25.1 Å². The van der Waals surface area contributed by atoms with Crippen molar-refractivity contribution in [2.75, 3.05) is 20.2 Å². The maximum Gasteiger partial charge on any atom is 0.255 e. The van der Waals surface area contributed by atoms with Crippen molar-refractivity contribution in [1.82, 2.24) is 10.6 Å². The fraction of sp³-hybridized carbons (Fsp3) is 0.333. The van der Waals surface area contributed by atoms with Gasteiger partial charge < -0.3 is 15.4 Å². The van der Waals surface area contributed by atoms with Crippen LogP contribution in [0.4, 0.5) is 0 Å². The largest absolute Gasteiger partial charge is 0.496 e. The van der Waals surface area contributed by atoms with Crippen LogP contribution in [0.5, 0.6) is 5.75 Å². The summed E-state index contributed by atoms with van der Waals surface area (Å²) >= 11 is 5.82. The van der Waals surface area contributed by atoms with Gasteiger partial charge >= 0.3 is 0 Å². The van der Waals surface area contributed by atoms with Crippen LogP contribution in [0.3, 0.4) is 0 Å². The average Bonchev–Trinajstić information content (AvgIpc) is 2.36. The molecular weight excluding hydrogens is 256 g/mol. The lowest BCUT2D eigenvalue weighted by Gasteiger charge is -2.09. The van der Waals surface area contributed by atoms with Gasteiger partial charge in [-0.2, -0.15) is 0 Å². The second-order valence-corrected chi connectivity index (χ2v) is 3.92. The van der Waals surface area contributed by atoms with Crippen LogP contribution in [-0.2, 0) is 4.79 Å². The number of carbonyl (C=O) groups excluding carboxylic acids is 2. The molecule has 98 valence electrons. The minimum atomic E-state index is -0.402. The van der Waals surface area contributed by atoms with Crippen LogP contribution < -0.4 is 15.4 Å². The van der Waals surface area contributed by atoms with Crippen molar-refractivity contribution < 1.29 is 14.3 Å². The summed E-state index contributed by atoms with van der Waals surface area (Å²) in [4.78, 5) is 23.1. The highest BCUT2D eigenvalue weighted by atomic mass is 35.5. The monoisotopic (exact) mass is 270 g/mol. The van der Waals surface area contributed by atoms with Crippen LogP contribution in [0.15, 0.2) is 18.2 Å². The zero-order valence-electron chi connectivity index (χ0n) is 10.2. The van der Waals surface area contributed by atoms with Crippen molar-refractivity contribution in [3.63, 3.8) is 0 Å². The zero-order chi connectivity index (χ0) is 13.5. The molecule has 0 aliphatic carbocycles. The summed E-state index contributed by atoms with van der Waals surface area (Å²) in [5, 5.41) is 5.51. The first kappa shape index (κ1) is 14.3. The molecule has 0 atom stereocenters. The highest BCUT2D eigenvalue weighted by Crippen LogP contribution is 2.22. The first-order valence-electron chi connectivity index (χ1n) is 5.47. The van der Waals surface area contributed by atoms with Gasteiger partial charge in [0.2, 0.25) is 5.91 Å². The van der Waals surface area contributed by atoms with Crippen LogP contribution in [-0.4, -0.2) is 32.0 Å². The van der Waals surface area contributed by atoms with Crippen LogP contribution >= 0.6 is 11.6 Å². The fourth-order valence-corrected chi connectivity index (χ4v) is 1.55. The van der Waals surface area contributed by atoms with Crippen LogP contribution in [0.25, 0.3) is 0 Å². The third kappa shape index (κ3) is 3.92. The molecule has 5 nitrogen and oxygen atoms in total. The lowest BCUT2D eigenvalue weighted by molar-refractivity contribution is -0.120. The Balaban J connectivity index is 2.71. The quantitative estimate of drug-likeness (QED) is 0.845. The summed E-state index contributed by atoms with van der Waals surface area (Å²) in [6, 6.07) is 4.72. The third-order valence-corrected chi connectivity index (χ3v) is 2.42. The number of methoxy groups -OCH3 is 1. The van der Waals surface area contributed by atoms with Crippen molar-refractivity contribution >= 4 is 23.4 Å². The molecule has 0 unspecified atom stereocenters. The van der Waals surface area contributed by atoms with Gasteiger partial charge in [-0.1, -0.05) is 11.6 Å². The molecule has 0 spiro atoms.